The minimum absolute atomic E-state index is 0.226. The first-order chi connectivity index (χ1) is 14.2. The molecule has 0 unspecified atom stereocenters. The van der Waals surface area contributed by atoms with Crippen LogP contribution in [0.15, 0.2) is 36.2 Å². The van der Waals surface area contributed by atoms with Crippen molar-refractivity contribution >= 4 is 28.2 Å². The van der Waals surface area contributed by atoms with Crippen LogP contribution in [0.25, 0.3) is 0 Å². The van der Waals surface area contributed by atoms with E-state index in [2.05, 4.69) is 48.5 Å². The molecule has 1 fully saturated rings. The van der Waals surface area contributed by atoms with Gasteiger partial charge in [0, 0.05) is 57.2 Å². The van der Waals surface area contributed by atoms with Crippen molar-refractivity contribution in [2.24, 2.45) is 0 Å². The van der Waals surface area contributed by atoms with E-state index in [0.717, 1.165) is 51.5 Å². The number of hydrogen-bond donors (Lipinski definition) is 1. The lowest BCUT2D eigenvalue weighted by atomic mass is 10.2. The zero-order valence-corrected chi connectivity index (χ0v) is 17.2. The fourth-order valence-corrected chi connectivity index (χ4v) is 3.82. The highest BCUT2D eigenvalue weighted by atomic mass is 32.1. The summed E-state index contributed by atoms with van der Waals surface area (Å²) in [5.41, 5.74) is 3.34. The van der Waals surface area contributed by atoms with Gasteiger partial charge in [0.25, 0.3) is 5.91 Å². The highest BCUT2D eigenvalue weighted by molar-refractivity contribution is 7.13. The van der Waals surface area contributed by atoms with E-state index in [9.17, 15) is 4.79 Å². The Morgan fingerprint density at radius 3 is 2.86 bits per heavy atom. The van der Waals surface area contributed by atoms with E-state index >= 15 is 0 Å². The lowest BCUT2D eigenvalue weighted by molar-refractivity contribution is 0.102. The SMILES string of the molecule is CCn1cc(CN2CCCN(c3ccc(C(=O)Nc4nncs4)cn3)CC2)cn1. The van der Waals surface area contributed by atoms with Gasteiger partial charge in [-0.2, -0.15) is 5.10 Å². The summed E-state index contributed by atoms with van der Waals surface area (Å²) >= 11 is 1.28. The first-order valence-corrected chi connectivity index (χ1v) is 10.6. The molecule has 0 bridgehead atoms. The smallest absolute Gasteiger partial charge is 0.259 e. The van der Waals surface area contributed by atoms with E-state index < -0.39 is 0 Å². The number of carbonyl (C=O) groups excluding carboxylic acids is 1. The van der Waals surface area contributed by atoms with Crippen molar-refractivity contribution in [1.82, 2.24) is 29.9 Å². The van der Waals surface area contributed by atoms with Crippen molar-refractivity contribution in [2.45, 2.75) is 26.4 Å². The maximum atomic E-state index is 12.3. The van der Waals surface area contributed by atoms with Crippen molar-refractivity contribution in [3.63, 3.8) is 0 Å². The van der Waals surface area contributed by atoms with E-state index in [1.54, 1.807) is 17.8 Å². The number of amides is 1. The summed E-state index contributed by atoms with van der Waals surface area (Å²) in [6.07, 6.45) is 6.77. The highest BCUT2D eigenvalue weighted by Gasteiger charge is 2.17. The van der Waals surface area contributed by atoms with Gasteiger partial charge in [0.1, 0.15) is 11.3 Å². The molecule has 10 heteroatoms. The molecule has 0 atom stereocenters. The van der Waals surface area contributed by atoms with Crippen LogP contribution in [0.1, 0.15) is 29.3 Å². The number of hydrogen-bond acceptors (Lipinski definition) is 8. The van der Waals surface area contributed by atoms with E-state index in [1.165, 1.54) is 16.9 Å². The standard InChI is InChI=1S/C19H24N8OS/c1-2-27-13-15(10-22-27)12-25-6-3-7-26(9-8-25)17-5-4-16(11-20-17)18(28)23-19-24-21-14-29-19/h4-5,10-11,13-14H,2-3,6-9,12H2,1H3,(H,23,24,28). The second kappa shape index (κ2) is 9.10. The Bertz CT molecular complexity index is 924. The van der Waals surface area contributed by atoms with Gasteiger partial charge in [-0.1, -0.05) is 11.3 Å². The molecule has 0 saturated carbocycles. The van der Waals surface area contributed by atoms with Crippen LogP contribution in [0.5, 0.6) is 0 Å². The molecule has 9 nitrogen and oxygen atoms in total. The summed E-state index contributed by atoms with van der Waals surface area (Å²) in [7, 11) is 0. The lowest BCUT2D eigenvalue weighted by Gasteiger charge is -2.22. The van der Waals surface area contributed by atoms with Crippen LogP contribution in [-0.2, 0) is 13.1 Å². The van der Waals surface area contributed by atoms with Crippen molar-refractivity contribution in [1.29, 1.82) is 0 Å². The van der Waals surface area contributed by atoms with Crippen LogP contribution in [0.3, 0.4) is 0 Å². The highest BCUT2D eigenvalue weighted by Crippen LogP contribution is 2.17. The largest absolute Gasteiger partial charge is 0.355 e. The third-order valence-corrected chi connectivity index (χ3v) is 5.53. The van der Waals surface area contributed by atoms with Gasteiger partial charge in [0.05, 0.1) is 11.8 Å². The Hall–Kier alpha value is -2.85. The Morgan fingerprint density at radius 2 is 2.14 bits per heavy atom. The second-order valence-electron chi connectivity index (χ2n) is 6.92. The number of rotatable bonds is 6. The molecule has 4 rings (SSSR count). The summed E-state index contributed by atoms with van der Waals surface area (Å²) in [6.45, 7) is 7.80. The minimum Gasteiger partial charge on any atom is -0.355 e. The number of nitrogens with one attached hydrogen (secondary N) is 1. The number of aromatic nitrogens is 5. The van der Waals surface area contributed by atoms with Crippen LogP contribution in [0.4, 0.5) is 10.9 Å². The van der Waals surface area contributed by atoms with Gasteiger partial charge in [0.15, 0.2) is 0 Å². The molecule has 3 aromatic rings. The molecule has 29 heavy (non-hydrogen) atoms. The van der Waals surface area contributed by atoms with Crippen molar-refractivity contribution in [2.75, 3.05) is 36.4 Å². The maximum Gasteiger partial charge on any atom is 0.259 e. The molecule has 3 aromatic heterocycles. The maximum absolute atomic E-state index is 12.3. The van der Waals surface area contributed by atoms with Crippen LogP contribution >= 0.6 is 11.3 Å². The Morgan fingerprint density at radius 1 is 1.21 bits per heavy atom. The first-order valence-electron chi connectivity index (χ1n) is 9.73. The molecule has 1 aliphatic heterocycles. The monoisotopic (exact) mass is 412 g/mol. The molecule has 1 saturated heterocycles. The first kappa shape index (κ1) is 19.5. The van der Waals surface area contributed by atoms with Crippen LogP contribution in [-0.4, -0.2) is 61.9 Å². The topological polar surface area (TPSA) is 92.1 Å². The Kier molecular flexibility index (Phi) is 6.11. The quantitative estimate of drug-likeness (QED) is 0.663. The Balaban J connectivity index is 1.33. The second-order valence-corrected chi connectivity index (χ2v) is 7.76. The third kappa shape index (κ3) is 4.96. The van der Waals surface area contributed by atoms with E-state index in [4.69, 9.17) is 0 Å². The molecular formula is C19H24N8OS. The van der Waals surface area contributed by atoms with Crippen LogP contribution in [0, 0.1) is 0 Å². The summed E-state index contributed by atoms with van der Waals surface area (Å²) < 4.78 is 1.96. The zero-order valence-electron chi connectivity index (χ0n) is 16.4. The van der Waals surface area contributed by atoms with Crippen molar-refractivity contribution < 1.29 is 4.79 Å². The predicted octanol–water partition coefficient (Wildman–Crippen LogP) is 2.11. The normalized spacial score (nSPS) is 15.3. The minimum atomic E-state index is -0.226. The van der Waals surface area contributed by atoms with Crippen LogP contribution in [0.2, 0.25) is 0 Å². The van der Waals surface area contributed by atoms with Crippen LogP contribution < -0.4 is 10.2 Å². The van der Waals surface area contributed by atoms with Gasteiger partial charge in [-0.3, -0.25) is 19.7 Å². The van der Waals surface area contributed by atoms with E-state index in [-0.39, 0.29) is 5.91 Å². The molecule has 0 aliphatic carbocycles. The summed E-state index contributed by atoms with van der Waals surface area (Å²) in [5, 5.41) is 15.1. The fourth-order valence-electron chi connectivity index (χ4n) is 3.38. The molecule has 1 N–H and O–H groups in total. The molecule has 0 aromatic carbocycles. The molecule has 4 heterocycles. The van der Waals surface area contributed by atoms with E-state index in [1.807, 2.05) is 16.9 Å². The Labute approximate surface area is 173 Å². The molecular weight excluding hydrogens is 388 g/mol. The number of carbonyl (C=O) groups is 1. The lowest BCUT2D eigenvalue weighted by Crippen LogP contribution is -2.31. The van der Waals surface area contributed by atoms with Gasteiger partial charge in [-0.25, -0.2) is 4.98 Å². The number of nitrogens with zero attached hydrogens (tertiary/aromatic N) is 7. The predicted molar refractivity (Wildman–Crippen MR) is 112 cm³/mol. The van der Waals surface area contributed by atoms with E-state index in [0.29, 0.717) is 10.7 Å². The van der Waals surface area contributed by atoms with Gasteiger partial charge in [-0.05, 0) is 25.5 Å². The van der Waals surface area contributed by atoms with Crippen molar-refractivity contribution in [3.05, 3.63) is 47.4 Å². The number of anilines is 2. The number of aryl methyl sites for hydroxylation is 1. The average molecular weight is 413 g/mol. The average Bonchev–Trinajstić information content (AvgIpc) is 3.36. The molecule has 152 valence electrons. The van der Waals surface area contributed by atoms with Crippen molar-refractivity contribution in [3.8, 4) is 0 Å². The molecule has 1 amide bonds. The van der Waals surface area contributed by atoms with Gasteiger partial charge in [-0.15, -0.1) is 10.2 Å². The third-order valence-electron chi connectivity index (χ3n) is 4.92. The number of pyridine rings is 1. The summed E-state index contributed by atoms with van der Waals surface area (Å²) in [6, 6.07) is 3.72. The fraction of sp³-hybridized carbons (Fsp3) is 0.421. The molecule has 1 aliphatic rings. The molecule has 0 spiro atoms. The summed E-state index contributed by atoms with van der Waals surface area (Å²) in [4.78, 5) is 21.5. The zero-order chi connectivity index (χ0) is 20.1. The molecule has 0 radical (unpaired) electrons. The van der Waals surface area contributed by atoms with Gasteiger partial charge < -0.3 is 4.90 Å². The summed E-state index contributed by atoms with van der Waals surface area (Å²) in [5.74, 6) is 0.675. The van der Waals surface area contributed by atoms with Gasteiger partial charge >= 0.3 is 0 Å². The van der Waals surface area contributed by atoms with Gasteiger partial charge in [0.2, 0.25) is 5.13 Å².